The van der Waals surface area contributed by atoms with E-state index in [0.717, 1.165) is 6.54 Å². The monoisotopic (exact) mass is 193 g/mol. The van der Waals surface area contributed by atoms with Gasteiger partial charge >= 0.3 is 0 Å². The molecule has 0 spiro atoms. The van der Waals surface area contributed by atoms with E-state index >= 15 is 0 Å². The summed E-state index contributed by atoms with van der Waals surface area (Å²) in [5.41, 5.74) is 0. The lowest BCUT2D eigenvalue weighted by atomic mass is 10.2. The standard InChI is InChI=1S/C9H20FNS/c1-3-12-8-5-9(2)11-7-4-6-10/h9,11H,3-8H2,1-2H3. The maximum absolute atomic E-state index is 11.7. The van der Waals surface area contributed by atoms with Crippen LogP contribution in [0.4, 0.5) is 4.39 Å². The summed E-state index contributed by atoms with van der Waals surface area (Å²) in [5.74, 6) is 2.40. The second-order valence-corrected chi connectivity index (χ2v) is 4.28. The summed E-state index contributed by atoms with van der Waals surface area (Å²) in [7, 11) is 0. The second kappa shape index (κ2) is 9.33. The molecular weight excluding hydrogens is 173 g/mol. The number of alkyl halides is 1. The van der Waals surface area contributed by atoms with Gasteiger partial charge in [-0.2, -0.15) is 11.8 Å². The summed E-state index contributed by atoms with van der Waals surface area (Å²) >= 11 is 1.96. The Morgan fingerprint density at radius 1 is 1.50 bits per heavy atom. The van der Waals surface area contributed by atoms with Gasteiger partial charge in [0.25, 0.3) is 0 Å². The van der Waals surface area contributed by atoms with Crippen LogP contribution >= 0.6 is 11.8 Å². The Hall–Kier alpha value is 0.240. The van der Waals surface area contributed by atoms with Crippen LogP contribution in [0.25, 0.3) is 0 Å². The Balaban J connectivity index is 3.04. The van der Waals surface area contributed by atoms with Crippen molar-refractivity contribution in [1.82, 2.24) is 5.32 Å². The summed E-state index contributed by atoms with van der Waals surface area (Å²) in [5, 5.41) is 3.29. The van der Waals surface area contributed by atoms with Crippen LogP contribution in [0.1, 0.15) is 26.7 Å². The van der Waals surface area contributed by atoms with E-state index in [9.17, 15) is 4.39 Å². The van der Waals surface area contributed by atoms with Crippen LogP contribution in [-0.2, 0) is 0 Å². The van der Waals surface area contributed by atoms with Crippen molar-refractivity contribution in [3.63, 3.8) is 0 Å². The van der Waals surface area contributed by atoms with E-state index in [1.54, 1.807) is 0 Å². The Morgan fingerprint density at radius 2 is 2.25 bits per heavy atom. The molecule has 0 bridgehead atoms. The van der Waals surface area contributed by atoms with Crippen LogP contribution in [0, 0.1) is 0 Å². The van der Waals surface area contributed by atoms with E-state index in [2.05, 4.69) is 19.2 Å². The molecule has 1 unspecified atom stereocenters. The largest absolute Gasteiger partial charge is 0.314 e. The number of hydrogen-bond acceptors (Lipinski definition) is 2. The van der Waals surface area contributed by atoms with Gasteiger partial charge in [-0.15, -0.1) is 0 Å². The molecule has 1 atom stereocenters. The fourth-order valence-electron chi connectivity index (χ4n) is 0.922. The number of rotatable bonds is 8. The van der Waals surface area contributed by atoms with Gasteiger partial charge in [-0.05, 0) is 37.8 Å². The lowest BCUT2D eigenvalue weighted by Crippen LogP contribution is -2.27. The highest BCUT2D eigenvalue weighted by molar-refractivity contribution is 7.99. The molecule has 0 aromatic carbocycles. The van der Waals surface area contributed by atoms with Crippen molar-refractivity contribution in [1.29, 1.82) is 0 Å². The van der Waals surface area contributed by atoms with Crippen LogP contribution in [0.3, 0.4) is 0 Å². The fraction of sp³-hybridized carbons (Fsp3) is 1.00. The molecule has 12 heavy (non-hydrogen) atoms. The number of hydrogen-bond donors (Lipinski definition) is 1. The molecule has 0 aromatic heterocycles. The van der Waals surface area contributed by atoms with Crippen LogP contribution in [0.5, 0.6) is 0 Å². The maximum Gasteiger partial charge on any atom is 0.0906 e. The van der Waals surface area contributed by atoms with E-state index in [4.69, 9.17) is 0 Å². The first-order valence-corrected chi connectivity index (χ1v) is 5.83. The second-order valence-electron chi connectivity index (χ2n) is 2.88. The number of thioether (sulfide) groups is 1. The lowest BCUT2D eigenvalue weighted by Gasteiger charge is -2.12. The average molecular weight is 193 g/mol. The van der Waals surface area contributed by atoms with E-state index < -0.39 is 0 Å². The van der Waals surface area contributed by atoms with Crippen molar-refractivity contribution in [2.45, 2.75) is 32.7 Å². The van der Waals surface area contributed by atoms with Crippen molar-refractivity contribution in [3.8, 4) is 0 Å². The van der Waals surface area contributed by atoms with Gasteiger partial charge in [0.2, 0.25) is 0 Å². The molecule has 0 saturated carbocycles. The van der Waals surface area contributed by atoms with E-state index in [1.807, 2.05) is 11.8 Å². The molecule has 0 saturated heterocycles. The molecule has 0 aliphatic carbocycles. The molecule has 0 aliphatic heterocycles. The molecule has 0 fully saturated rings. The molecule has 3 heteroatoms. The van der Waals surface area contributed by atoms with Gasteiger partial charge in [-0.1, -0.05) is 6.92 Å². The van der Waals surface area contributed by atoms with Crippen molar-refractivity contribution in [2.75, 3.05) is 24.7 Å². The predicted octanol–water partition coefficient (Wildman–Crippen LogP) is 2.47. The molecule has 0 amide bonds. The summed E-state index contributed by atoms with van der Waals surface area (Å²) in [6, 6.07) is 0.538. The Kier molecular flexibility index (Phi) is 9.52. The molecule has 1 nitrogen and oxygen atoms in total. The van der Waals surface area contributed by atoms with Crippen LogP contribution < -0.4 is 5.32 Å². The van der Waals surface area contributed by atoms with Crippen molar-refractivity contribution in [2.24, 2.45) is 0 Å². The molecular formula is C9H20FNS. The van der Waals surface area contributed by atoms with Crippen molar-refractivity contribution >= 4 is 11.8 Å². The SMILES string of the molecule is CCSCCC(C)NCCCF. The van der Waals surface area contributed by atoms with Gasteiger partial charge in [0.05, 0.1) is 6.67 Å². The zero-order valence-electron chi connectivity index (χ0n) is 8.11. The summed E-state index contributed by atoms with van der Waals surface area (Å²) in [6.07, 6.45) is 1.83. The highest BCUT2D eigenvalue weighted by Crippen LogP contribution is 2.03. The van der Waals surface area contributed by atoms with Gasteiger partial charge in [-0.3, -0.25) is 4.39 Å². The van der Waals surface area contributed by atoms with Crippen molar-refractivity contribution in [3.05, 3.63) is 0 Å². The highest BCUT2D eigenvalue weighted by atomic mass is 32.2. The van der Waals surface area contributed by atoms with E-state index in [-0.39, 0.29) is 6.67 Å². The zero-order chi connectivity index (χ0) is 9.23. The fourth-order valence-corrected chi connectivity index (χ4v) is 1.73. The van der Waals surface area contributed by atoms with Crippen LogP contribution in [-0.4, -0.2) is 30.8 Å². The van der Waals surface area contributed by atoms with Gasteiger partial charge in [0, 0.05) is 6.04 Å². The van der Waals surface area contributed by atoms with Crippen LogP contribution in [0.2, 0.25) is 0 Å². The Morgan fingerprint density at radius 3 is 2.83 bits per heavy atom. The smallest absolute Gasteiger partial charge is 0.0906 e. The minimum atomic E-state index is -0.205. The first-order chi connectivity index (χ1) is 5.81. The zero-order valence-corrected chi connectivity index (χ0v) is 8.92. The van der Waals surface area contributed by atoms with E-state index in [0.29, 0.717) is 12.5 Å². The number of nitrogens with one attached hydrogen (secondary N) is 1. The summed E-state index contributed by atoms with van der Waals surface area (Å²) in [6.45, 7) is 4.94. The molecule has 1 N–H and O–H groups in total. The lowest BCUT2D eigenvalue weighted by molar-refractivity contribution is 0.440. The highest BCUT2D eigenvalue weighted by Gasteiger charge is 1.99. The Bertz CT molecular complexity index is 80.6. The maximum atomic E-state index is 11.7. The minimum absolute atomic E-state index is 0.205. The summed E-state index contributed by atoms with van der Waals surface area (Å²) < 4.78 is 11.7. The molecule has 0 heterocycles. The first-order valence-electron chi connectivity index (χ1n) is 4.68. The van der Waals surface area contributed by atoms with Gasteiger partial charge < -0.3 is 5.32 Å². The topological polar surface area (TPSA) is 12.0 Å². The van der Waals surface area contributed by atoms with Gasteiger partial charge in [0.1, 0.15) is 0 Å². The molecule has 0 aromatic rings. The normalized spacial score (nSPS) is 13.2. The third kappa shape index (κ3) is 8.34. The molecule has 74 valence electrons. The third-order valence-electron chi connectivity index (χ3n) is 1.70. The molecule has 0 aliphatic rings. The molecule has 0 rings (SSSR count). The molecule has 0 radical (unpaired) electrons. The van der Waals surface area contributed by atoms with Gasteiger partial charge in [-0.25, -0.2) is 0 Å². The summed E-state index contributed by atoms with van der Waals surface area (Å²) in [4.78, 5) is 0. The van der Waals surface area contributed by atoms with E-state index in [1.165, 1.54) is 17.9 Å². The third-order valence-corrected chi connectivity index (χ3v) is 2.64. The first kappa shape index (κ1) is 12.2. The minimum Gasteiger partial charge on any atom is -0.314 e. The van der Waals surface area contributed by atoms with Crippen LogP contribution in [0.15, 0.2) is 0 Å². The predicted molar refractivity (Wildman–Crippen MR) is 55.7 cm³/mol. The Labute approximate surface area is 79.5 Å². The number of halogens is 1. The average Bonchev–Trinajstić information content (AvgIpc) is 2.06. The van der Waals surface area contributed by atoms with Gasteiger partial charge in [0.15, 0.2) is 0 Å². The van der Waals surface area contributed by atoms with Crippen molar-refractivity contribution < 1.29 is 4.39 Å². The quantitative estimate of drug-likeness (QED) is 0.594.